The Labute approximate surface area is 169 Å². The smallest absolute Gasteiger partial charge is 0.269 e. The van der Waals surface area contributed by atoms with Crippen LogP contribution in [-0.4, -0.2) is 49.1 Å². The molecule has 3 rings (SSSR count). The molecule has 1 amide bonds. The summed E-state index contributed by atoms with van der Waals surface area (Å²) in [5, 5.41) is 13.6. The minimum absolute atomic E-state index is 0.0212. The zero-order valence-electron chi connectivity index (χ0n) is 16.4. The molecule has 1 fully saturated rings. The Morgan fingerprint density at radius 3 is 2.52 bits per heavy atom. The molecule has 1 atom stereocenters. The second-order valence-electron chi connectivity index (χ2n) is 6.84. The van der Waals surface area contributed by atoms with Crippen molar-refractivity contribution >= 4 is 11.6 Å². The van der Waals surface area contributed by atoms with Crippen molar-refractivity contribution < 1.29 is 19.2 Å². The SMILES string of the molecule is COc1ccccc1C(CNC(=O)COc1ccc([N+](=O)[O-])cc1)N1CCCC1. The number of nitro groups is 1. The summed E-state index contributed by atoms with van der Waals surface area (Å²) in [6.45, 7) is 2.26. The van der Waals surface area contributed by atoms with Crippen molar-refractivity contribution in [3.8, 4) is 11.5 Å². The monoisotopic (exact) mass is 399 g/mol. The lowest BCUT2D eigenvalue weighted by atomic mass is 10.0. The van der Waals surface area contributed by atoms with Crippen LogP contribution in [0.3, 0.4) is 0 Å². The number of carbonyl (C=O) groups is 1. The number of benzene rings is 2. The number of nitro benzene ring substituents is 1. The number of nitrogens with one attached hydrogen (secondary N) is 1. The van der Waals surface area contributed by atoms with E-state index in [2.05, 4.69) is 10.2 Å². The summed E-state index contributed by atoms with van der Waals surface area (Å²) in [4.78, 5) is 24.9. The summed E-state index contributed by atoms with van der Waals surface area (Å²) >= 11 is 0. The van der Waals surface area contributed by atoms with Gasteiger partial charge >= 0.3 is 0 Å². The van der Waals surface area contributed by atoms with E-state index >= 15 is 0 Å². The molecule has 0 radical (unpaired) electrons. The van der Waals surface area contributed by atoms with E-state index in [0.717, 1.165) is 37.2 Å². The predicted molar refractivity (Wildman–Crippen MR) is 108 cm³/mol. The average molecular weight is 399 g/mol. The molecule has 0 bridgehead atoms. The molecule has 8 nitrogen and oxygen atoms in total. The zero-order valence-corrected chi connectivity index (χ0v) is 16.4. The highest BCUT2D eigenvalue weighted by Gasteiger charge is 2.26. The average Bonchev–Trinajstić information content (AvgIpc) is 3.27. The maximum atomic E-state index is 12.3. The molecule has 1 saturated heterocycles. The van der Waals surface area contributed by atoms with Gasteiger partial charge in [-0.2, -0.15) is 0 Å². The molecule has 1 heterocycles. The number of rotatable bonds is 9. The number of ether oxygens (including phenoxy) is 2. The van der Waals surface area contributed by atoms with E-state index in [1.54, 1.807) is 7.11 Å². The molecule has 0 spiro atoms. The van der Waals surface area contributed by atoms with Crippen LogP contribution in [-0.2, 0) is 4.79 Å². The number of para-hydroxylation sites is 1. The minimum atomic E-state index is -0.479. The fourth-order valence-electron chi connectivity index (χ4n) is 3.51. The van der Waals surface area contributed by atoms with Gasteiger partial charge in [0.1, 0.15) is 11.5 Å². The number of nitrogens with zero attached hydrogens (tertiary/aromatic N) is 2. The number of non-ortho nitro benzene ring substituents is 1. The Balaban J connectivity index is 1.58. The van der Waals surface area contributed by atoms with E-state index in [-0.39, 0.29) is 24.2 Å². The summed E-state index contributed by atoms with van der Waals surface area (Å²) in [7, 11) is 1.65. The van der Waals surface area contributed by atoms with Gasteiger partial charge in [-0.05, 0) is 44.1 Å². The molecular formula is C21H25N3O5. The van der Waals surface area contributed by atoms with Gasteiger partial charge in [-0.15, -0.1) is 0 Å². The van der Waals surface area contributed by atoms with Crippen LogP contribution in [0.4, 0.5) is 5.69 Å². The van der Waals surface area contributed by atoms with Gasteiger partial charge in [0.25, 0.3) is 11.6 Å². The highest BCUT2D eigenvalue weighted by Crippen LogP contribution is 2.31. The number of amides is 1. The van der Waals surface area contributed by atoms with Crippen LogP contribution in [0.1, 0.15) is 24.4 Å². The Bertz CT molecular complexity index is 834. The largest absolute Gasteiger partial charge is 0.496 e. The van der Waals surface area contributed by atoms with Gasteiger partial charge in [0, 0.05) is 24.2 Å². The van der Waals surface area contributed by atoms with Crippen molar-refractivity contribution in [2.24, 2.45) is 0 Å². The quantitative estimate of drug-likeness (QED) is 0.515. The molecule has 8 heteroatoms. The van der Waals surface area contributed by atoms with Crippen molar-refractivity contribution in [1.29, 1.82) is 0 Å². The van der Waals surface area contributed by atoms with E-state index in [1.165, 1.54) is 24.3 Å². The third-order valence-corrected chi connectivity index (χ3v) is 4.99. The van der Waals surface area contributed by atoms with Gasteiger partial charge in [0.05, 0.1) is 18.1 Å². The van der Waals surface area contributed by atoms with Crippen molar-refractivity contribution in [3.05, 3.63) is 64.2 Å². The lowest BCUT2D eigenvalue weighted by molar-refractivity contribution is -0.384. The van der Waals surface area contributed by atoms with E-state index in [0.29, 0.717) is 12.3 Å². The van der Waals surface area contributed by atoms with Gasteiger partial charge < -0.3 is 14.8 Å². The second kappa shape index (κ2) is 9.88. The first-order chi connectivity index (χ1) is 14.1. The molecular weight excluding hydrogens is 374 g/mol. The molecule has 1 aliphatic rings. The van der Waals surface area contributed by atoms with Crippen molar-refractivity contribution in [1.82, 2.24) is 10.2 Å². The molecule has 1 unspecified atom stereocenters. The molecule has 1 N–H and O–H groups in total. The summed E-state index contributed by atoms with van der Waals surface area (Å²) in [6.07, 6.45) is 2.28. The third kappa shape index (κ3) is 5.45. The number of hydrogen-bond donors (Lipinski definition) is 1. The van der Waals surface area contributed by atoms with Crippen LogP contribution in [0.2, 0.25) is 0 Å². The second-order valence-corrected chi connectivity index (χ2v) is 6.84. The predicted octanol–water partition coefficient (Wildman–Crippen LogP) is 2.94. The molecule has 1 aliphatic heterocycles. The normalized spacial score (nSPS) is 14.9. The minimum Gasteiger partial charge on any atom is -0.496 e. The summed E-state index contributed by atoms with van der Waals surface area (Å²) in [5.41, 5.74) is 1.03. The van der Waals surface area contributed by atoms with Gasteiger partial charge in [-0.25, -0.2) is 0 Å². The maximum absolute atomic E-state index is 12.3. The molecule has 2 aromatic rings. The molecule has 0 aromatic heterocycles. The first-order valence-corrected chi connectivity index (χ1v) is 9.59. The zero-order chi connectivity index (χ0) is 20.6. The van der Waals surface area contributed by atoms with E-state index in [4.69, 9.17) is 9.47 Å². The van der Waals surface area contributed by atoms with Crippen LogP contribution < -0.4 is 14.8 Å². The van der Waals surface area contributed by atoms with Gasteiger partial charge in [-0.3, -0.25) is 19.8 Å². The van der Waals surface area contributed by atoms with Crippen LogP contribution >= 0.6 is 0 Å². The van der Waals surface area contributed by atoms with Gasteiger partial charge in [0.2, 0.25) is 0 Å². The topological polar surface area (TPSA) is 93.9 Å². The van der Waals surface area contributed by atoms with Crippen molar-refractivity contribution in [2.75, 3.05) is 33.4 Å². The van der Waals surface area contributed by atoms with Crippen LogP contribution in [0.15, 0.2) is 48.5 Å². The Kier molecular flexibility index (Phi) is 7.02. The fourth-order valence-corrected chi connectivity index (χ4v) is 3.51. The third-order valence-electron chi connectivity index (χ3n) is 4.99. The first-order valence-electron chi connectivity index (χ1n) is 9.59. The Morgan fingerprint density at radius 2 is 1.86 bits per heavy atom. The Morgan fingerprint density at radius 1 is 1.17 bits per heavy atom. The molecule has 2 aromatic carbocycles. The summed E-state index contributed by atoms with van der Waals surface area (Å²) < 4.78 is 11.0. The number of likely N-dealkylation sites (tertiary alicyclic amines) is 1. The summed E-state index contributed by atoms with van der Waals surface area (Å²) in [6, 6.07) is 13.5. The van der Waals surface area contributed by atoms with Crippen LogP contribution in [0, 0.1) is 10.1 Å². The van der Waals surface area contributed by atoms with Gasteiger partial charge in [-0.1, -0.05) is 18.2 Å². The number of methoxy groups -OCH3 is 1. The maximum Gasteiger partial charge on any atom is 0.269 e. The van der Waals surface area contributed by atoms with Crippen molar-refractivity contribution in [3.63, 3.8) is 0 Å². The van der Waals surface area contributed by atoms with Crippen LogP contribution in [0.5, 0.6) is 11.5 Å². The van der Waals surface area contributed by atoms with Gasteiger partial charge in [0.15, 0.2) is 6.61 Å². The van der Waals surface area contributed by atoms with Crippen molar-refractivity contribution in [2.45, 2.75) is 18.9 Å². The van der Waals surface area contributed by atoms with E-state index < -0.39 is 4.92 Å². The highest BCUT2D eigenvalue weighted by atomic mass is 16.6. The molecule has 29 heavy (non-hydrogen) atoms. The molecule has 154 valence electrons. The molecule has 0 saturated carbocycles. The lowest BCUT2D eigenvalue weighted by Gasteiger charge is -2.29. The van der Waals surface area contributed by atoms with E-state index in [1.807, 2.05) is 24.3 Å². The first kappa shape index (κ1) is 20.6. The van der Waals surface area contributed by atoms with E-state index in [9.17, 15) is 14.9 Å². The summed E-state index contributed by atoms with van der Waals surface area (Å²) in [5.74, 6) is 0.967. The highest BCUT2D eigenvalue weighted by molar-refractivity contribution is 5.77. The number of carbonyl (C=O) groups excluding carboxylic acids is 1. The number of hydrogen-bond acceptors (Lipinski definition) is 6. The standard InChI is InChI=1S/C21H25N3O5/c1-28-20-7-3-2-6-18(20)19(23-12-4-5-13-23)14-22-21(25)15-29-17-10-8-16(9-11-17)24(26)27/h2-3,6-11,19H,4-5,12-15H2,1H3,(H,22,25). The lowest BCUT2D eigenvalue weighted by Crippen LogP contribution is -2.38. The fraction of sp³-hybridized carbons (Fsp3) is 0.381. The molecule has 0 aliphatic carbocycles. The van der Waals surface area contributed by atoms with Crippen LogP contribution in [0.25, 0.3) is 0 Å². The Hall–Kier alpha value is -3.13.